The van der Waals surface area contributed by atoms with E-state index in [1.165, 1.54) is 23.1 Å². The molecule has 1 aliphatic rings. The molecule has 1 atom stereocenters. The number of rotatable bonds is 11. The molecule has 3 aromatic rings. The van der Waals surface area contributed by atoms with E-state index in [0.29, 0.717) is 15.6 Å². The van der Waals surface area contributed by atoms with E-state index in [-0.39, 0.29) is 40.6 Å². The van der Waals surface area contributed by atoms with E-state index in [2.05, 4.69) is 5.32 Å². The number of anilines is 1. The highest BCUT2D eigenvalue weighted by Gasteiger charge is 2.35. The summed E-state index contributed by atoms with van der Waals surface area (Å²) in [7, 11) is -4.00. The molecule has 0 unspecified atom stereocenters. The third-order valence-electron chi connectivity index (χ3n) is 7.43. The number of amides is 2. The van der Waals surface area contributed by atoms with Crippen molar-refractivity contribution in [2.45, 2.75) is 57.2 Å². The third kappa shape index (κ3) is 9.25. The van der Waals surface area contributed by atoms with Crippen LogP contribution in [0.2, 0.25) is 20.1 Å². The van der Waals surface area contributed by atoms with Crippen LogP contribution in [0.4, 0.5) is 5.69 Å². The molecule has 7 nitrogen and oxygen atoms in total. The fourth-order valence-electron chi connectivity index (χ4n) is 5.20. The summed E-state index contributed by atoms with van der Waals surface area (Å²) in [5.41, 5.74) is 1.44. The maximum atomic E-state index is 14.3. The number of benzene rings is 3. The zero-order valence-corrected chi connectivity index (χ0v) is 27.5. The van der Waals surface area contributed by atoms with Gasteiger partial charge in [-0.15, -0.1) is 0 Å². The smallest absolute Gasteiger partial charge is 0.244 e. The van der Waals surface area contributed by atoms with Crippen molar-refractivity contribution >= 4 is 73.9 Å². The van der Waals surface area contributed by atoms with Crippen molar-refractivity contribution in [1.82, 2.24) is 10.2 Å². The molecule has 4 rings (SSSR count). The molecule has 0 bridgehead atoms. The molecule has 3 aromatic carbocycles. The van der Waals surface area contributed by atoms with Crippen molar-refractivity contribution in [3.05, 3.63) is 97.9 Å². The molecule has 0 radical (unpaired) electrons. The molecule has 43 heavy (non-hydrogen) atoms. The largest absolute Gasteiger partial charge is 0.352 e. The van der Waals surface area contributed by atoms with E-state index >= 15 is 0 Å². The van der Waals surface area contributed by atoms with E-state index in [1.54, 1.807) is 18.2 Å². The Hall–Kier alpha value is -2.49. The number of nitrogens with one attached hydrogen (secondary N) is 1. The quantitative estimate of drug-likeness (QED) is 0.232. The Morgan fingerprint density at radius 2 is 1.53 bits per heavy atom. The number of halogens is 4. The van der Waals surface area contributed by atoms with Crippen LogP contribution in [0.5, 0.6) is 0 Å². The van der Waals surface area contributed by atoms with Gasteiger partial charge in [-0.05, 0) is 54.3 Å². The first-order chi connectivity index (χ1) is 20.4. The fourth-order valence-corrected chi connectivity index (χ4v) is 6.96. The van der Waals surface area contributed by atoms with Gasteiger partial charge in [0.1, 0.15) is 12.6 Å². The molecule has 0 aromatic heterocycles. The Morgan fingerprint density at radius 1 is 0.884 bits per heavy atom. The molecule has 1 saturated carbocycles. The van der Waals surface area contributed by atoms with Crippen LogP contribution in [0.1, 0.15) is 43.2 Å². The SMILES string of the molecule is CS(=O)(=O)N(CC(=O)N(Cc1ccc(Cl)cc1Cl)[C@H](Cc1ccccc1)C(=O)NC1CCCCC1)c1cc(Cl)ccc1Cl. The second kappa shape index (κ2) is 15.0. The molecule has 1 fully saturated rings. The number of hydrogen-bond donors (Lipinski definition) is 1. The van der Waals surface area contributed by atoms with Gasteiger partial charge in [0.15, 0.2) is 0 Å². The predicted molar refractivity (Wildman–Crippen MR) is 175 cm³/mol. The second-order valence-corrected chi connectivity index (χ2v) is 14.3. The van der Waals surface area contributed by atoms with Gasteiger partial charge in [0.05, 0.1) is 17.0 Å². The molecule has 2 amide bonds. The Labute approximate surface area is 273 Å². The van der Waals surface area contributed by atoms with Crippen LogP contribution >= 0.6 is 46.4 Å². The minimum absolute atomic E-state index is 0.00613. The minimum atomic E-state index is -4.00. The van der Waals surface area contributed by atoms with E-state index in [0.717, 1.165) is 48.2 Å². The van der Waals surface area contributed by atoms with Gasteiger partial charge in [0.25, 0.3) is 0 Å². The molecular formula is C31H33Cl4N3O4S. The van der Waals surface area contributed by atoms with Crippen LogP contribution in [0.15, 0.2) is 66.7 Å². The highest BCUT2D eigenvalue weighted by Crippen LogP contribution is 2.31. The fraction of sp³-hybridized carbons (Fsp3) is 0.355. The maximum absolute atomic E-state index is 14.3. The van der Waals surface area contributed by atoms with Crippen LogP contribution in [0, 0.1) is 0 Å². The van der Waals surface area contributed by atoms with Crippen LogP contribution < -0.4 is 9.62 Å². The average Bonchev–Trinajstić information content (AvgIpc) is 2.96. The highest BCUT2D eigenvalue weighted by molar-refractivity contribution is 7.92. The third-order valence-corrected chi connectivity index (χ3v) is 9.70. The molecular weight excluding hydrogens is 652 g/mol. The topological polar surface area (TPSA) is 86.8 Å². The molecule has 0 aliphatic heterocycles. The van der Waals surface area contributed by atoms with E-state index < -0.39 is 28.5 Å². The number of sulfonamides is 1. The van der Waals surface area contributed by atoms with Crippen LogP contribution in [-0.4, -0.2) is 50.0 Å². The number of carbonyl (C=O) groups is 2. The molecule has 1 aliphatic carbocycles. The van der Waals surface area contributed by atoms with E-state index in [1.807, 2.05) is 30.3 Å². The van der Waals surface area contributed by atoms with Gasteiger partial charge in [-0.2, -0.15) is 0 Å². The molecule has 230 valence electrons. The normalized spacial score (nSPS) is 14.6. The van der Waals surface area contributed by atoms with Gasteiger partial charge >= 0.3 is 0 Å². The second-order valence-electron chi connectivity index (χ2n) is 10.7. The highest BCUT2D eigenvalue weighted by atomic mass is 35.5. The first-order valence-electron chi connectivity index (χ1n) is 13.9. The Morgan fingerprint density at radius 3 is 2.19 bits per heavy atom. The van der Waals surface area contributed by atoms with Crippen molar-refractivity contribution in [2.75, 3.05) is 17.1 Å². The summed E-state index contributed by atoms with van der Waals surface area (Å²) in [5.74, 6) is -0.937. The van der Waals surface area contributed by atoms with Gasteiger partial charge < -0.3 is 10.2 Å². The minimum Gasteiger partial charge on any atom is -0.352 e. The van der Waals surface area contributed by atoms with Crippen molar-refractivity contribution < 1.29 is 18.0 Å². The molecule has 0 heterocycles. The Balaban J connectivity index is 1.76. The van der Waals surface area contributed by atoms with Crippen LogP contribution in [0.3, 0.4) is 0 Å². The van der Waals surface area contributed by atoms with Crippen molar-refractivity contribution in [3.63, 3.8) is 0 Å². The van der Waals surface area contributed by atoms with E-state index in [9.17, 15) is 18.0 Å². The van der Waals surface area contributed by atoms with Gasteiger partial charge in [0, 0.05) is 34.1 Å². The van der Waals surface area contributed by atoms with Gasteiger partial charge in [0.2, 0.25) is 21.8 Å². The zero-order chi connectivity index (χ0) is 31.1. The summed E-state index contributed by atoms with van der Waals surface area (Å²) >= 11 is 25.2. The lowest BCUT2D eigenvalue weighted by atomic mass is 9.94. The summed E-state index contributed by atoms with van der Waals surface area (Å²) < 4.78 is 26.9. The van der Waals surface area contributed by atoms with E-state index in [4.69, 9.17) is 46.4 Å². The number of hydrogen-bond acceptors (Lipinski definition) is 4. The first kappa shape index (κ1) is 33.4. The average molecular weight is 686 g/mol. The molecule has 0 spiro atoms. The van der Waals surface area contributed by atoms with Crippen LogP contribution in [-0.2, 0) is 32.6 Å². The van der Waals surface area contributed by atoms with Crippen molar-refractivity contribution in [2.24, 2.45) is 0 Å². The van der Waals surface area contributed by atoms with Gasteiger partial charge in [-0.3, -0.25) is 13.9 Å². The van der Waals surface area contributed by atoms with Gasteiger partial charge in [-0.25, -0.2) is 8.42 Å². The monoisotopic (exact) mass is 683 g/mol. The zero-order valence-electron chi connectivity index (χ0n) is 23.6. The summed E-state index contributed by atoms with van der Waals surface area (Å²) in [4.78, 5) is 29.7. The van der Waals surface area contributed by atoms with Crippen molar-refractivity contribution in [1.29, 1.82) is 0 Å². The number of nitrogens with zero attached hydrogens (tertiary/aromatic N) is 2. The Bertz CT molecular complexity index is 1550. The maximum Gasteiger partial charge on any atom is 0.244 e. The lowest BCUT2D eigenvalue weighted by Crippen LogP contribution is -2.55. The standard InChI is InChI=1S/C31H33Cl4N3O4S/c1-43(41,42)38(28-18-24(33)14-15-26(28)34)20-30(39)37(19-22-12-13-23(32)17-27(22)35)29(16-21-8-4-2-5-9-21)31(40)36-25-10-6-3-7-11-25/h2,4-5,8-9,12-15,17-18,25,29H,3,6-7,10-11,16,19-20H2,1H3,(H,36,40)/t29-/m1/s1. The van der Waals surface area contributed by atoms with Crippen LogP contribution in [0.25, 0.3) is 0 Å². The summed E-state index contributed by atoms with van der Waals surface area (Å²) in [5, 5.41) is 4.24. The van der Waals surface area contributed by atoms with Gasteiger partial charge in [-0.1, -0.05) is 102 Å². The lowest BCUT2D eigenvalue weighted by Gasteiger charge is -2.35. The van der Waals surface area contributed by atoms with Crippen molar-refractivity contribution in [3.8, 4) is 0 Å². The molecule has 12 heteroatoms. The first-order valence-corrected chi connectivity index (χ1v) is 17.3. The summed E-state index contributed by atoms with van der Waals surface area (Å²) in [6.45, 7) is -0.683. The Kier molecular flexibility index (Phi) is 11.6. The molecule has 1 N–H and O–H groups in total. The predicted octanol–water partition coefficient (Wildman–Crippen LogP) is 7.16. The summed E-state index contributed by atoms with van der Waals surface area (Å²) in [6, 6.07) is 17.6. The number of carbonyl (C=O) groups excluding carboxylic acids is 2. The molecule has 0 saturated heterocycles. The summed E-state index contributed by atoms with van der Waals surface area (Å²) in [6.07, 6.45) is 6.04. The lowest BCUT2D eigenvalue weighted by molar-refractivity contribution is -0.140.